The maximum atomic E-state index is 12.4. The zero-order chi connectivity index (χ0) is 19.1. The van der Waals surface area contributed by atoms with E-state index < -0.39 is 17.1 Å². The molecule has 0 unspecified atom stereocenters. The van der Waals surface area contributed by atoms with Crippen molar-refractivity contribution < 1.29 is 5.11 Å². The van der Waals surface area contributed by atoms with Gasteiger partial charge in [-0.15, -0.1) is 0 Å². The molecule has 0 amide bonds. The number of nitrogens with zero attached hydrogens (tertiary/aromatic N) is 2. The minimum absolute atomic E-state index is 0.0114. The van der Waals surface area contributed by atoms with Crippen LogP contribution in [-0.2, 0) is 0 Å². The van der Waals surface area contributed by atoms with Crippen molar-refractivity contribution in [2.75, 3.05) is 0 Å². The summed E-state index contributed by atoms with van der Waals surface area (Å²) in [7, 11) is 0. The minimum Gasteiger partial charge on any atom is -0.494 e. The molecular weight excluding hydrogens is 342 g/mol. The molecule has 0 saturated heterocycles. The van der Waals surface area contributed by atoms with E-state index in [4.69, 9.17) is 0 Å². The van der Waals surface area contributed by atoms with E-state index in [1.54, 1.807) is 24.3 Å². The number of aryl methyl sites for hydroxylation is 1. The van der Waals surface area contributed by atoms with Crippen LogP contribution in [0.3, 0.4) is 0 Å². The van der Waals surface area contributed by atoms with Crippen molar-refractivity contribution in [3.05, 3.63) is 86.1 Å². The molecule has 0 radical (unpaired) electrons. The Morgan fingerprint density at radius 2 is 1.85 bits per heavy atom. The smallest absolute Gasteiger partial charge is 0.335 e. The topological polar surface area (TPSA) is 87.4 Å². The van der Waals surface area contributed by atoms with Crippen LogP contribution in [0.5, 0.6) is 5.88 Å². The molecule has 134 valence electrons. The van der Waals surface area contributed by atoms with Crippen molar-refractivity contribution in [1.29, 1.82) is 0 Å². The Bertz CT molecular complexity index is 1250. The maximum absolute atomic E-state index is 12.4. The van der Waals surface area contributed by atoms with Gasteiger partial charge in [0.25, 0.3) is 5.56 Å². The molecule has 1 aliphatic rings. The number of hydrogen-bond acceptors (Lipinski definition) is 4. The molecular formula is C21H17N3O3. The molecule has 27 heavy (non-hydrogen) atoms. The van der Waals surface area contributed by atoms with E-state index >= 15 is 0 Å². The van der Waals surface area contributed by atoms with Crippen molar-refractivity contribution in [1.82, 2.24) is 9.55 Å². The first-order valence-electron chi connectivity index (χ1n) is 8.48. The van der Waals surface area contributed by atoms with Gasteiger partial charge in [-0.25, -0.2) is 9.36 Å². The quantitative estimate of drug-likeness (QED) is 0.737. The Balaban J connectivity index is 1.96. The molecule has 3 aromatic rings. The molecule has 0 spiro atoms. The molecule has 4 rings (SSSR count). The first-order valence-corrected chi connectivity index (χ1v) is 8.48. The zero-order valence-electron chi connectivity index (χ0n) is 14.9. The highest BCUT2D eigenvalue weighted by Gasteiger charge is 2.20. The number of para-hydroxylation sites is 1. The van der Waals surface area contributed by atoms with E-state index in [1.807, 2.05) is 44.2 Å². The lowest BCUT2D eigenvalue weighted by Crippen LogP contribution is -2.30. The molecule has 2 N–H and O–H groups in total. The normalized spacial score (nSPS) is 14.3. The number of hydrogen-bond donors (Lipinski definition) is 2. The average molecular weight is 359 g/mol. The number of fused-ring (bicyclic) bond motifs is 1. The van der Waals surface area contributed by atoms with Crippen molar-refractivity contribution in [3.8, 4) is 11.6 Å². The van der Waals surface area contributed by atoms with E-state index in [-0.39, 0.29) is 5.56 Å². The van der Waals surface area contributed by atoms with E-state index in [2.05, 4.69) is 9.98 Å². The second-order valence-corrected chi connectivity index (χ2v) is 6.44. The van der Waals surface area contributed by atoms with E-state index in [1.165, 1.54) is 0 Å². The summed E-state index contributed by atoms with van der Waals surface area (Å²) in [4.78, 5) is 31.5. The third kappa shape index (κ3) is 2.81. The summed E-state index contributed by atoms with van der Waals surface area (Å²) < 4.78 is 1.09. The third-order valence-corrected chi connectivity index (χ3v) is 4.54. The number of aromatic hydroxyl groups is 1. The van der Waals surface area contributed by atoms with Crippen LogP contribution in [0.4, 0.5) is 5.69 Å². The van der Waals surface area contributed by atoms with Gasteiger partial charge in [0.2, 0.25) is 5.88 Å². The van der Waals surface area contributed by atoms with Gasteiger partial charge in [-0.05, 0) is 43.7 Å². The summed E-state index contributed by atoms with van der Waals surface area (Å²) in [6.45, 7) is 3.73. The highest BCUT2D eigenvalue weighted by molar-refractivity contribution is 6.31. The number of nitrogens with one attached hydrogen (secondary N) is 1. The Labute approximate surface area is 154 Å². The number of aliphatic imine (C=N–C) groups is 1. The largest absolute Gasteiger partial charge is 0.494 e. The monoisotopic (exact) mass is 359 g/mol. The van der Waals surface area contributed by atoms with E-state index in [0.717, 1.165) is 32.7 Å². The van der Waals surface area contributed by atoms with Crippen LogP contribution in [0.25, 0.3) is 17.3 Å². The van der Waals surface area contributed by atoms with Gasteiger partial charge in [0.05, 0.1) is 11.4 Å². The third-order valence-electron chi connectivity index (χ3n) is 4.54. The van der Waals surface area contributed by atoms with Crippen LogP contribution in [0.2, 0.25) is 0 Å². The Hall–Kier alpha value is -3.67. The van der Waals surface area contributed by atoms with Crippen LogP contribution < -0.4 is 11.2 Å². The summed E-state index contributed by atoms with van der Waals surface area (Å²) >= 11 is 0. The lowest BCUT2D eigenvalue weighted by atomic mass is 10.0. The second-order valence-electron chi connectivity index (χ2n) is 6.44. The van der Waals surface area contributed by atoms with Crippen LogP contribution in [0.15, 0.2) is 63.1 Å². The first-order chi connectivity index (χ1) is 13.0. The van der Waals surface area contributed by atoms with Gasteiger partial charge in [-0.3, -0.25) is 14.8 Å². The molecule has 0 atom stereocenters. The minimum atomic E-state index is -0.692. The SMILES string of the molecule is CC1=Nc2ccccc2/C1=C\c1c(O)n(-c2cccc(C)c2)c(=O)[nH]c1=O. The van der Waals surface area contributed by atoms with Gasteiger partial charge in [0.15, 0.2) is 0 Å². The van der Waals surface area contributed by atoms with Gasteiger partial charge in [0.1, 0.15) is 5.56 Å². The number of aromatic nitrogens is 2. The van der Waals surface area contributed by atoms with Crippen LogP contribution >= 0.6 is 0 Å². The molecule has 1 aliphatic heterocycles. The molecule has 2 aromatic carbocycles. The summed E-state index contributed by atoms with van der Waals surface area (Å²) in [5, 5.41) is 10.7. The summed E-state index contributed by atoms with van der Waals surface area (Å²) in [5.41, 5.74) is 3.24. The number of H-pyrrole nitrogens is 1. The molecule has 0 saturated carbocycles. The molecule has 6 heteroatoms. The number of rotatable bonds is 2. The Kier molecular flexibility index (Phi) is 3.88. The molecule has 0 bridgehead atoms. The first kappa shape index (κ1) is 16.8. The van der Waals surface area contributed by atoms with Gasteiger partial charge in [0, 0.05) is 16.8 Å². The lowest BCUT2D eigenvalue weighted by molar-refractivity contribution is 0.429. The predicted molar refractivity (Wildman–Crippen MR) is 106 cm³/mol. The Morgan fingerprint density at radius 3 is 2.63 bits per heavy atom. The standard InChI is InChI=1S/C21H17N3O3/c1-12-6-5-7-14(10-12)24-20(26)17(19(25)23-21(24)27)11-16-13(2)22-18-9-4-3-8-15(16)18/h3-11,26H,1-2H3,(H,23,25,27)/b16-11-. The van der Waals surface area contributed by atoms with Crippen molar-refractivity contribution >= 4 is 23.0 Å². The van der Waals surface area contributed by atoms with Crippen molar-refractivity contribution in [3.63, 3.8) is 0 Å². The van der Waals surface area contributed by atoms with Gasteiger partial charge in [-0.1, -0.05) is 30.3 Å². The highest BCUT2D eigenvalue weighted by atomic mass is 16.3. The number of benzene rings is 2. The zero-order valence-corrected chi connectivity index (χ0v) is 14.9. The molecule has 2 heterocycles. The average Bonchev–Trinajstić information content (AvgIpc) is 2.93. The van der Waals surface area contributed by atoms with E-state index in [9.17, 15) is 14.7 Å². The maximum Gasteiger partial charge on any atom is 0.335 e. The fourth-order valence-electron chi connectivity index (χ4n) is 3.24. The van der Waals surface area contributed by atoms with Crippen LogP contribution in [0, 0.1) is 6.92 Å². The van der Waals surface area contributed by atoms with Gasteiger partial charge >= 0.3 is 5.69 Å². The lowest BCUT2D eigenvalue weighted by Gasteiger charge is -2.11. The van der Waals surface area contributed by atoms with Crippen molar-refractivity contribution in [2.24, 2.45) is 4.99 Å². The summed E-state index contributed by atoms with van der Waals surface area (Å²) in [6, 6.07) is 14.7. The second kappa shape index (κ2) is 6.25. The molecule has 0 fully saturated rings. The van der Waals surface area contributed by atoms with Crippen LogP contribution in [0.1, 0.15) is 23.6 Å². The Morgan fingerprint density at radius 1 is 1.07 bits per heavy atom. The predicted octanol–water partition coefficient (Wildman–Crippen LogP) is 3.19. The summed E-state index contributed by atoms with van der Waals surface area (Å²) in [5.74, 6) is -0.404. The fourth-order valence-corrected chi connectivity index (χ4v) is 3.24. The molecule has 1 aromatic heterocycles. The fraction of sp³-hybridized carbons (Fsp3) is 0.0952. The molecule has 0 aliphatic carbocycles. The van der Waals surface area contributed by atoms with Gasteiger partial charge in [-0.2, -0.15) is 0 Å². The highest BCUT2D eigenvalue weighted by Crippen LogP contribution is 2.36. The summed E-state index contributed by atoms with van der Waals surface area (Å²) in [6.07, 6.45) is 1.57. The van der Waals surface area contributed by atoms with Crippen LogP contribution in [-0.4, -0.2) is 20.4 Å². The van der Waals surface area contributed by atoms with Crippen molar-refractivity contribution in [2.45, 2.75) is 13.8 Å². The van der Waals surface area contributed by atoms with E-state index in [0.29, 0.717) is 5.69 Å². The number of allylic oxidation sites excluding steroid dienone is 1. The van der Waals surface area contributed by atoms with Gasteiger partial charge < -0.3 is 5.11 Å². The molecule has 6 nitrogen and oxygen atoms in total. The number of aromatic amines is 1.